The number of hydrogen-bond acceptors (Lipinski definition) is 2. The molecule has 0 rings (SSSR count). The lowest BCUT2D eigenvalue weighted by Crippen LogP contribution is -1.98. The average molecular weight is 222 g/mol. The molecule has 0 unspecified atom stereocenters. The molecule has 0 bridgehead atoms. The van der Waals surface area contributed by atoms with E-state index in [1.165, 1.54) is 0 Å². The van der Waals surface area contributed by atoms with Crippen molar-refractivity contribution in [1.29, 1.82) is 0 Å². The van der Waals surface area contributed by atoms with Crippen molar-refractivity contribution in [2.75, 3.05) is 11.9 Å². The zero-order valence-electron chi connectivity index (χ0n) is 6.33. The fraction of sp³-hybridized carbons (Fsp3) is 0.714. The van der Waals surface area contributed by atoms with Gasteiger partial charge in [0.25, 0.3) is 0 Å². The van der Waals surface area contributed by atoms with Gasteiger partial charge >= 0.3 is 0 Å². The molecule has 4 heteroatoms. The summed E-state index contributed by atoms with van der Waals surface area (Å²) in [6.45, 7) is 0.0820. The number of rotatable bonds is 6. The summed E-state index contributed by atoms with van der Waals surface area (Å²) in [4.78, 5) is 9.58. The van der Waals surface area contributed by atoms with Gasteiger partial charge in [0, 0.05) is 16.7 Å². The minimum atomic E-state index is -0.279. The quantitative estimate of drug-likeness (QED) is 0.227. The van der Waals surface area contributed by atoms with Crippen LogP contribution in [0.15, 0.2) is 12.2 Å². The first-order valence-electron chi connectivity index (χ1n) is 3.60. The summed E-state index contributed by atoms with van der Waals surface area (Å²) < 4.78 is 0. The molecule has 0 aliphatic carbocycles. The van der Waals surface area contributed by atoms with Crippen molar-refractivity contribution >= 4 is 15.9 Å². The van der Waals surface area contributed by atoms with Crippen LogP contribution in [0.3, 0.4) is 0 Å². The highest BCUT2D eigenvalue weighted by molar-refractivity contribution is 9.09. The maximum atomic E-state index is 9.86. The van der Waals surface area contributed by atoms with Crippen LogP contribution in [-0.4, -0.2) is 16.8 Å². The van der Waals surface area contributed by atoms with Crippen molar-refractivity contribution in [3.8, 4) is 0 Å². The molecule has 0 saturated heterocycles. The van der Waals surface area contributed by atoms with Crippen molar-refractivity contribution < 1.29 is 4.92 Å². The summed E-state index contributed by atoms with van der Waals surface area (Å²) in [5, 5.41) is 10.8. The predicted molar refractivity (Wildman–Crippen MR) is 48.6 cm³/mol. The van der Waals surface area contributed by atoms with Crippen LogP contribution in [0, 0.1) is 10.1 Å². The van der Waals surface area contributed by atoms with Crippen LogP contribution in [0.25, 0.3) is 0 Å². The SMILES string of the molecule is O=[N+]([O-])CCC/C=C/CCBr. The van der Waals surface area contributed by atoms with Gasteiger partial charge < -0.3 is 0 Å². The first kappa shape index (κ1) is 10.6. The molecule has 0 N–H and O–H groups in total. The zero-order valence-corrected chi connectivity index (χ0v) is 7.92. The monoisotopic (exact) mass is 221 g/mol. The highest BCUT2D eigenvalue weighted by Crippen LogP contribution is 1.94. The van der Waals surface area contributed by atoms with Gasteiger partial charge in [0.15, 0.2) is 0 Å². The van der Waals surface area contributed by atoms with E-state index < -0.39 is 0 Å². The molecule has 0 heterocycles. The number of unbranched alkanes of at least 4 members (excludes halogenated alkanes) is 1. The summed E-state index contributed by atoms with van der Waals surface area (Å²) >= 11 is 3.28. The fourth-order valence-corrected chi connectivity index (χ4v) is 0.901. The van der Waals surface area contributed by atoms with Gasteiger partial charge in [-0.05, 0) is 12.8 Å². The molecular weight excluding hydrogens is 210 g/mol. The fourth-order valence-electron chi connectivity index (χ4n) is 0.637. The van der Waals surface area contributed by atoms with Crippen molar-refractivity contribution in [3.05, 3.63) is 22.3 Å². The number of nitro groups is 1. The summed E-state index contributed by atoms with van der Waals surface area (Å²) in [5.74, 6) is 0. The summed E-state index contributed by atoms with van der Waals surface area (Å²) in [6, 6.07) is 0. The Balaban J connectivity index is 3.07. The molecule has 0 spiro atoms. The van der Waals surface area contributed by atoms with Gasteiger partial charge in [-0.3, -0.25) is 10.1 Å². The van der Waals surface area contributed by atoms with E-state index in [1.807, 2.05) is 12.2 Å². The van der Waals surface area contributed by atoms with Crippen molar-refractivity contribution in [1.82, 2.24) is 0 Å². The van der Waals surface area contributed by atoms with E-state index in [2.05, 4.69) is 15.9 Å². The lowest BCUT2D eigenvalue weighted by atomic mass is 10.3. The van der Waals surface area contributed by atoms with Crippen LogP contribution in [0.2, 0.25) is 0 Å². The van der Waals surface area contributed by atoms with Crippen LogP contribution in [0.1, 0.15) is 19.3 Å². The van der Waals surface area contributed by atoms with E-state index in [-0.39, 0.29) is 11.5 Å². The van der Waals surface area contributed by atoms with E-state index >= 15 is 0 Å². The number of allylic oxidation sites excluding steroid dienone is 2. The first-order chi connectivity index (χ1) is 5.27. The van der Waals surface area contributed by atoms with Crippen LogP contribution in [-0.2, 0) is 0 Å². The van der Waals surface area contributed by atoms with E-state index in [0.717, 1.165) is 18.2 Å². The molecule has 0 amide bonds. The van der Waals surface area contributed by atoms with E-state index in [1.54, 1.807) is 0 Å². The molecule has 64 valence electrons. The maximum absolute atomic E-state index is 9.86. The lowest BCUT2D eigenvalue weighted by Gasteiger charge is -1.88. The molecule has 0 fully saturated rings. The predicted octanol–water partition coefficient (Wildman–Crippen LogP) is 2.38. The lowest BCUT2D eigenvalue weighted by molar-refractivity contribution is -0.480. The smallest absolute Gasteiger partial charge is 0.204 e. The molecule has 3 nitrogen and oxygen atoms in total. The Morgan fingerprint density at radius 3 is 2.55 bits per heavy atom. The van der Waals surface area contributed by atoms with Crippen LogP contribution >= 0.6 is 15.9 Å². The molecule has 0 radical (unpaired) electrons. The third kappa shape index (κ3) is 9.62. The molecule has 0 atom stereocenters. The Kier molecular flexibility index (Phi) is 7.46. The highest BCUT2D eigenvalue weighted by Gasteiger charge is 1.92. The zero-order chi connectivity index (χ0) is 8.53. The number of hydrogen-bond donors (Lipinski definition) is 0. The average Bonchev–Trinajstić information content (AvgIpc) is 1.96. The molecule has 0 aromatic rings. The Morgan fingerprint density at radius 1 is 1.36 bits per heavy atom. The van der Waals surface area contributed by atoms with Gasteiger partial charge in [-0.2, -0.15) is 0 Å². The van der Waals surface area contributed by atoms with Crippen LogP contribution < -0.4 is 0 Å². The highest BCUT2D eigenvalue weighted by atomic mass is 79.9. The van der Waals surface area contributed by atoms with Gasteiger partial charge in [-0.15, -0.1) is 0 Å². The molecule has 0 aliphatic rings. The van der Waals surface area contributed by atoms with Crippen molar-refractivity contribution in [2.24, 2.45) is 0 Å². The number of alkyl halides is 1. The minimum Gasteiger partial charge on any atom is -0.265 e. The number of halogens is 1. The summed E-state index contributed by atoms with van der Waals surface area (Å²) in [5.41, 5.74) is 0. The molecule has 0 aliphatic heterocycles. The molecule has 11 heavy (non-hydrogen) atoms. The van der Waals surface area contributed by atoms with Gasteiger partial charge in [0.1, 0.15) is 0 Å². The van der Waals surface area contributed by atoms with Gasteiger partial charge in [0.2, 0.25) is 6.54 Å². The first-order valence-corrected chi connectivity index (χ1v) is 4.72. The molecular formula is C7H12BrNO2. The second kappa shape index (κ2) is 7.72. The number of nitrogens with zero attached hydrogens (tertiary/aromatic N) is 1. The van der Waals surface area contributed by atoms with Gasteiger partial charge in [-0.1, -0.05) is 28.1 Å². The van der Waals surface area contributed by atoms with Gasteiger partial charge in [-0.25, -0.2) is 0 Å². The van der Waals surface area contributed by atoms with Crippen molar-refractivity contribution in [3.63, 3.8) is 0 Å². The normalized spacial score (nSPS) is 10.6. The maximum Gasteiger partial charge on any atom is 0.204 e. The topological polar surface area (TPSA) is 43.1 Å². The Hall–Kier alpha value is -0.380. The largest absolute Gasteiger partial charge is 0.265 e. The summed E-state index contributed by atoms with van der Waals surface area (Å²) in [6.07, 6.45) is 6.48. The van der Waals surface area contributed by atoms with E-state index in [9.17, 15) is 10.1 Å². The Bertz CT molecular complexity index is 136. The third-order valence-corrected chi connectivity index (χ3v) is 1.61. The van der Waals surface area contributed by atoms with Gasteiger partial charge in [0.05, 0.1) is 0 Å². The Labute approximate surface area is 74.8 Å². The van der Waals surface area contributed by atoms with Crippen LogP contribution in [0.5, 0.6) is 0 Å². The second-order valence-electron chi connectivity index (χ2n) is 2.15. The summed E-state index contributed by atoms with van der Waals surface area (Å²) in [7, 11) is 0. The second-order valence-corrected chi connectivity index (χ2v) is 2.94. The standard InChI is InChI=1S/C7H12BrNO2/c8-6-4-2-1-3-5-7-9(10)11/h1-2H,3-7H2/b2-1+. The minimum absolute atomic E-state index is 0.0820. The van der Waals surface area contributed by atoms with Crippen LogP contribution in [0.4, 0.5) is 0 Å². The molecule has 0 aromatic carbocycles. The third-order valence-electron chi connectivity index (χ3n) is 1.15. The van der Waals surface area contributed by atoms with Crippen molar-refractivity contribution in [2.45, 2.75) is 19.3 Å². The Morgan fingerprint density at radius 2 is 2.00 bits per heavy atom. The molecule has 0 aromatic heterocycles. The van der Waals surface area contributed by atoms with E-state index in [0.29, 0.717) is 6.42 Å². The molecule has 0 saturated carbocycles. The van der Waals surface area contributed by atoms with E-state index in [4.69, 9.17) is 0 Å².